The van der Waals surface area contributed by atoms with Crippen LogP contribution in [0.15, 0.2) is 0 Å². The lowest BCUT2D eigenvalue weighted by Gasteiger charge is -2.02. The average molecular weight is 180 g/mol. The second-order valence-electron chi connectivity index (χ2n) is 5.97. The first-order valence-electron chi connectivity index (χ1n) is 6.18. The standard InChI is InChI=1S/C13H24/c1-13(2)10-12(13)7-5-3-4-6-11-8-9-11/h11-12H,3-10H2,1-2H3. The first-order chi connectivity index (χ1) is 6.18. The van der Waals surface area contributed by atoms with Crippen molar-refractivity contribution in [1.82, 2.24) is 0 Å². The van der Waals surface area contributed by atoms with E-state index in [2.05, 4.69) is 13.8 Å². The van der Waals surface area contributed by atoms with Crippen LogP contribution in [-0.4, -0.2) is 0 Å². The van der Waals surface area contributed by atoms with Gasteiger partial charge in [-0.05, 0) is 30.1 Å². The van der Waals surface area contributed by atoms with Crippen LogP contribution in [0.5, 0.6) is 0 Å². The molecule has 2 saturated carbocycles. The summed E-state index contributed by atoms with van der Waals surface area (Å²) in [5.74, 6) is 2.23. The van der Waals surface area contributed by atoms with Gasteiger partial charge in [0.15, 0.2) is 0 Å². The zero-order valence-corrected chi connectivity index (χ0v) is 9.31. The summed E-state index contributed by atoms with van der Waals surface area (Å²) in [6, 6.07) is 0. The molecule has 0 spiro atoms. The van der Waals surface area contributed by atoms with Gasteiger partial charge in [-0.15, -0.1) is 0 Å². The van der Waals surface area contributed by atoms with Crippen molar-refractivity contribution in [2.24, 2.45) is 17.3 Å². The highest BCUT2D eigenvalue weighted by atomic mass is 14.5. The second-order valence-corrected chi connectivity index (χ2v) is 5.97. The molecule has 2 fully saturated rings. The van der Waals surface area contributed by atoms with Crippen molar-refractivity contribution in [2.45, 2.75) is 65.2 Å². The first kappa shape index (κ1) is 9.55. The molecule has 0 nitrogen and oxygen atoms in total. The Balaban J connectivity index is 1.41. The fraction of sp³-hybridized carbons (Fsp3) is 1.00. The molecule has 13 heavy (non-hydrogen) atoms. The minimum Gasteiger partial charge on any atom is -0.0596 e. The molecule has 0 N–H and O–H groups in total. The Morgan fingerprint density at radius 2 is 1.62 bits per heavy atom. The average Bonchev–Trinajstić information content (AvgIpc) is 2.91. The maximum Gasteiger partial charge on any atom is -0.0323 e. The van der Waals surface area contributed by atoms with Crippen molar-refractivity contribution in [3.63, 3.8) is 0 Å². The van der Waals surface area contributed by atoms with Crippen molar-refractivity contribution in [1.29, 1.82) is 0 Å². The number of hydrogen-bond donors (Lipinski definition) is 0. The Hall–Kier alpha value is 0. The lowest BCUT2D eigenvalue weighted by Crippen LogP contribution is -1.90. The summed E-state index contributed by atoms with van der Waals surface area (Å²) < 4.78 is 0. The molecule has 1 atom stereocenters. The van der Waals surface area contributed by atoms with Crippen molar-refractivity contribution in [2.75, 3.05) is 0 Å². The van der Waals surface area contributed by atoms with Gasteiger partial charge in [-0.2, -0.15) is 0 Å². The molecule has 2 rings (SSSR count). The normalized spacial score (nSPS) is 30.5. The van der Waals surface area contributed by atoms with Gasteiger partial charge in [-0.25, -0.2) is 0 Å². The highest BCUT2D eigenvalue weighted by Gasteiger charge is 2.44. The van der Waals surface area contributed by atoms with Gasteiger partial charge in [-0.1, -0.05) is 52.4 Å². The van der Waals surface area contributed by atoms with Crippen LogP contribution in [0.1, 0.15) is 65.2 Å². The molecule has 0 amide bonds. The van der Waals surface area contributed by atoms with Crippen molar-refractivity contribution >= 4 is 0 Å². The molecule has 0 aromatic carbocycles. The fourth-order valence-electron chi connectivity index (χ4n) is 2.48. The van der Waals surface area contributed by atoms with Crippen LogP contribution in [0, 0.1) is 17.3 Å². The highest BCUT2D eigenvalue weighted by molar-refractivity contribution is 4.94. The minimum absolute atomic E-state index is 0.719. The lowest BCUT2D eigenvalue weighted by molar-refractivity contribution is 0.495. The van der Waals surface area contributed by atoms with Crippen LogP contribution in [0.3, 0.4) is 0 Å². The summed E-state index contributed by atoms with van der Waals surface area (Å²) in [5.41, 5.74) is 0.719. The summed E-state index contributed by atoms with van der Waals surface area (Å²) in [5, 5.41) is 0. The van der Waals surface area contributed by atoms with Crippen LogP contribution in [0.2, 0.25) is 0 Å². The zero-order chi connectivity index (χ0) is 9.31. The van der Waals surface area contributed by atoms with Gasteiger partial charge >= 0.3 is 0 Å². The highest BCUT2D eigenvalue weighted by Crippen LogP contribution is 2.54. The third-order valence-electron chi connectivity index (χ3n) is 4.08. The molecule has 76 valence electrons. The van der Waals surface area contributed by atoms with Gasteiger partial charge < -0.3 is 0 Å². The maximum absolute atomic E-state index is 2.42. The summed E-state index contributed by atoms with van der Waals surface area (Å²) in [7, 11) is 0. The van der Waals surface area contributed by atoms with Gasteiger partial charge in [-0.3, -0.25) is 0 Å². The summed E-state index contributed by atoms with van der Waals surface area (Å²) in [6.45, 7) is 4.84. The van der Waals surface area contributed by atoms with Crippen molar-refractivity contribution in [3.8, 4) is 0 Å². The minimum atomic E-state index is 0.719. The van der Waals surface area contributed by atoms with E-state index in [-0.39, 0.29) is 0 Å². The molecule has 0 aromatic rings. The Kier molecular flexibility index (Phi) is 2.67. The van der Waals surface area contributed by atoms with Crippen molar-refractivity contribution in [3.05, 3.63) is 0 Å². The lowest BCUT2D eigenvalue weighted by atomic mass is 10.0. The van der Waals surface area contributed by atoms with E-state index in [0.717, 1.165) is 17.3 Å². The Bertz CT molecular complexity index is 165. The van der Waals surface area contributed by atoms with Gasteiger partial charge in [0.05, 0.1) is 0 Å². The Morgan fingerprint density at radius 3 is 2.15 bits per heavy atom. The van der Waals surface area contributed by atoms with Gasteiger partial charge in [0.25, 0.3) is 0 Å². The van der Waals surface area contributed by atoms with Crippen LogP contribution in [0.4, 0.5) is 0 Å². The Morgan fingerprint density at radius 1 is 1.00 bits per heavy atom. The quantitative estimate of drug-likeness (QED) is 0.532. The van der Waals surface area contributed by atoms with Crippen LogP contribution in [0.25, 0.3) is 0 Å². The van der Waals surface area contributed by atoms with E-state index in [0.29, 0.717) is 0 Å². The monoisotopic (exact) mass is 180 g/mol. The zero-order valence-electron chi connectivity index (χ0n) is 9.31. The maximum atomic E-state index is 2.42. The fourth-order valence-corrected chi connectivity index (χ4v) is 2.48. The number of unbranched alkanes of at least 4 members (excludes halogenated alkanes) is 2. The molecule has 0 radical (unpaired) electrons. The molecule has 2 aliphatic carbocycles. The van der Waals surface area contributed by atoms with E-state index < -0.39 is 0 Å². The van der Waals surface area contributed by atoms with E-state index in [1.807, 2.05) is 0 Å². The van der Waals surface area contributed by atoms with E-state index >= 15 is 0 Å². The summed E-state index contributed by atoms with van der Waals surface area (Å²) in [4.78, 5) is 0. The molecule has 2 aliphatic rings. The third kappa shape index (κ3) is 3.00. The third-order valence-corrected chi connectivity index (χ3v) is 4.08. The summed E-state index contributed by atoms with van der Waals surface area (Å²) in [6.07, 6.45) is 12.1. The first-order valence-corrected chi connectivity index (χ1v) is 6.18. The van der Waals surface area contributed by atoms with E-state index in [4.69, 9.17) is 0 Å². The predicted molar refractivity (Wildman–Crippen MR) is 57.7 cm³/mol. The Labute approximate surface area is 83.1 Å². The molecule has 0 heteroatoms. The van der Waals surface area contributed by atoms with E-state index in [9.17, 15) is 0 Å². The molecule has 0 heterocycles. The van der Waals surface area contributed by atoms with Gasteiger partial charge in [0, 0.05) is 0 Å². The van der Waals surface area contributed by atoms with Crippen LogP contribution in [-0.2, 0) is 0 Å². The van der Waals surface area contributed by atoms with Crippen LogP contribution >= 0.6 is 0 Å². The van der Waals surface area contributed by atoms with Crippen LogP contribution < -0.4 is 0 Å². The summed E-state index contributed by atoms with van der Waals surface area (Å²) >= 11 is 0. The van der Waals surface area contributed by atoms with Gasteiger partial charge in [0.2, 0.25) is 0 Å². The molecular weight excluding hydrogens is 156 g/mol. The molecule has 1 unspecified atom stereocenters. The molecule has 0 bridgehead atoms. The topological polar surface area (TPSA) is 0 Å². The SMILES string of the molecule is CC1(C)CC1CCCCCC1CC1. The van der Waals surface area contributed by atoms with Gasteiger partial charge in [0.1, 0.15) is 0 Å². The molecule has 0 aliphatic heterocycles. The van der Waals surface area contributed by atoms with E-state index in [1.54, 1.807) is 0 Å². The van der Waals surface area contributed by atoms with Crippen molar-refractivity contribution < 1.29 is 0 Å². The largest absolute Gasteiger partial charge is 0.0596 e. The smallest absolute Gasteiger partial charge is 0.0323 e. The van der Waals surface area contributed by atoms with E-state index in [1.165, 1.54) is 51.4 Å². The molecule has 0 saturated heterocycles. The predicted octanol–water partition coefficient (Wildman–Crippen LogP) is 4.39. The number of hydrogen-bond acceptors (Lipinski definition) is 0. The molecular formula is C13H24. The molecule has 0 aromatic heterocycles. The number of rotatable bonds is 6. The second kappa shape index (κ2) is 3.63.